The van der Waals surface area contributed by atoms with Crippen molar-refractivity contribution in [2.45, 2.75) is 19.5 Å². The molecular weight excluding hydrogens is 242 g/mol. The minimum absolute atomic E-state index is 0.0116. The fourth-order valence-corrected chi connectivity index (χ4v) is 1.99. The molecule has 102 valence electrons. The van der Waals surface area contributed by atoms with Crippen molar-refractivity contribution in [2.24, 2.45) is 0 Å². The second kappa shape index (κ2) is 6.24. The summed E-state index contributed by atoms with van der Waals surface area (Å²) in [5.41, 5.74) is 1.91. The van der Waals surface area contributed by atoms with Crippen molar-refractivity contribution in [1.82, 2.24) is 9.55 Å². The zero-order valence-electron chi connectivity index (χ0n) is 11.2. The smallest absolute Gasteiger partial charge is 0.119 e. The summed E-state index contributed by atoms with van der Waals surface area (Å²) in [6, 6.07) is 7.44. The summed E-state index contributed by atoms with van der Waals surface area (Å²) in [4.78, 5) is 4.12. The van der Waals surface area contributed by atoms with Crippen LogP contribution in [0.4, 0.5) is 5.69 Å². The Kier molecular flexibility index (Phi) is 4.41. The van der Waals surface area contributed by atoms with Gasteiger partial charge in [-0.1, -0.05) is 0 Å². The van der Waals surface area contributed by atoms with Gasteiger partial charge in [0.15, 0.2) is 0 Å². The van der Waals surface area contributed by atoms with Gasteiger partial charge >= 0.3 is 0 Å². The third kappa shape index (κ3) is 3.06. The van der Waals surface area contributed by atoms with E-state index >= 15 is 0 Å². The van der Waals surface area contributed by atoms with Crippen LogP contribution in [0.25, 0.3) is 0 Å². The Morgan fingerprint density at radius 2 is 2.11 bits per heavy atom. The van der Waals surface area contributed by atoms with E-state index in [1.807, 2.05) is 35.8 Å². The Balaban J connectivity index is 2.14. The average Bonchev–Trinajstić information content (AvgIpc) is 2.93. The van der Waals surface area contributed by atoms with Gasteiger partial charge in [0.2, 0.25) is 0 Å². The molecule has 5 nitrogen and oxygen atoms in total. The van der Waals surface area contributed by atoms with Gasteiger partial charge in [-0.25, -0.2) is 4.98 Å². The van der Waals surface area contributed by atoms with E-state index in [0.717, 1.165) is 23.7 Å². The number of aromatic nitrogens is 2. The van der Waals surface area contributed by atoms with E-state index in [4.69, 9.17) is 4.74 Å². The highest BCUT2D eigenvalue weighted by atomic mass is 16.5. The van der Waals surface area contributed by atoms with E-state index in [9.17, 15) is 5.11 Å². The van der Waals surface area contributed by atoms with E-state index in [0.29, 0.717) is 0 Å². The number of nitrogens with zero attached hydrogens (tertiary/aromatic N) is 2. The molecule has 0 fully saturated rings. The molecule has 1 aromatic carbocycles. The molecular formula is C14H19N3O2. The van der Waals surface area contributed by atoms with E-state index in [1.54, 1.807) is 19.6 Å². The number of hydrogen-bond acceptors (Lipinski definition) is 4. The van der Waals surface area contributed by atoms with Crippen LogP contribution in [0, 0.1) is 0 Å². The summed E-state index contributed by atoms with van der Waals surface area (Å²) >= 11 is 0. The predicted molar refractivity (Wildman–Crippen MR) is 74.3 cm³/mol. The number of aliphatic hydroxyl groups excluding tert-OH is 1. The summed E-state index contributed by atoms with van der Waals surface area (Å²) in [6.45, 7) is 2.89. The maximum Gasteiger partial charge on any atom is 0.119 e. The summed E-state index contributed by atoms with van der Waals surface area (Å²) in [5.74, 6) is 0.810. The van der Waals surface area contributed by atoms with Crippen LogP contribution in [-0.2, 0) is 6.54 Å². The topological polar surface area (TPSA) is 59.3 Å². The molecule has 0 spiro atoms. The third-order valence-electron chi connectivity index (χ3n) is 3.06. The molecule has 0 saturated carbocycles. The predicted octanol–water partition coefficient (Wildman–Crippen LogP) is 2.06. The van der Waals surface area contributed by atoms with Crippen LogP contribution in [0.5, 0.6) is 5.75 Å². The fourth-order valence-electron chi connectivity index (χ4n) is 1.99. The lowest BCUT2D eigenvalue weighted by Gasteiger charge is -2.19. The molecule has 19 heavy (non-hydrogen) atoms. The first kappa shape index (κ1) is 13.4. The second-order valence-electron chi connectivity index (χ2n) is 4.21. The van der Waals surface area contributed by atoms with Gasteiger partial charge in [0.05, 0.1) is 38.0 Å². The van der Waals surface area contributed by atoms with Crippen molar-refractivity contribution >= 4 is 5.69 Å². The molecule has 1 heterocycles. The van der Waals surface area contributed by atoms with Gasteiger partial charge in [0.25, 0.3) is 0 Å². The van der Waals surface area contributed by atoms with E-state index in [2.05, 4.69) is 10.3 Å². The van der Waals surface area contributed by atoms with Gasteiger partial charge in [-0.15, -0.1) is 0 Å². The maximum absolute atomic E-state index is 9.55. The molecule has 0 aliphatic carbocycles. The zero-order chi connectivity index (χ0) is 13.7. The van der Waals surface area contributed by atoms with Gasteiger partial charge < -0.3 is 19.7 Å². The van der Waals surface area contributed by atoms with Gasteiger partial charge in [-0.2, -0.15) is 0 Å². The Labute approximate surface area is 112 Å². The molecule has 0 radical (unpaired) electrons. The number of aryl methyl sites for hydroxylation is 1. The molecule has 1 aromatic heterocycles. The quantitative estimate of drug-likeness (QED) is 0.835. The normalized spacial score (nSPS) is 12.2. The van der Waals surface area contributed by atoms with Crippen molar-refractivity contribution in [1.29, 1.82) is 0 Å². The lowest BCUT2D eigenvalue weighted by atomic mass is 10.2. The van der Waals surface area contributed by atoms with E-state index in [-0.39, 0.29) is 12.6 Å². The van der Waals surface area contributed by atoms with Gasteiger partial charge in [-0.3, -0.25) is 0 Å². The number of imidazole rings is 1. The first-order chi connectivity index (χ1) is 9.28. The number of methoxy groups -OCH3 is 1. The van der Waals surface area contributed by atoms with Crippen LogP contribution in [0.15, 0.2) is 36.8 Å². The molecule has 2 aromatic rings. The van der Waals surface area contributed by atoms with Gasteiger partial charge in [-0.05, 0) is 31.2 Å². The lowest BCUT2D eigenvalue weighted by molar-refractivity contribution is 0.272. The number of benzene rings is 1. The summed E-state index contributed by atoms with van der Waals surface area (Å²) in [6.07, 6.45) is 3.55. The summed E-state index contributed by atoms with van der Waals surface area (Å²) in [5, 5.41) is 12.8. The molecule has 2 rings (SSSR count). The minimum Gasteiger partial charge on any atom is -0.497 e. The van der Waals surface area contributed by atoms with Crippen LogP contribution >= 0.6 is 0 Å². The Hall–Kier alpha value is -2.01. The van der Waals surface area contributed by atoms with E-state index in [1.165, 1.54) is 0 Å². The monoisotopic (exact) mass is 261 g/mol. The highest BCUT2D eigenvalue weighted by molar-refractivity contribution is 5.47. The Morgan fingerprint density at radius 1 is 1.37 bits per heavy atom. The van der Waals surface area contributed by atoms with Crippen LogP contribution in [0.1, 0.15) is 18.7 Å². The SMILES string of the molecule is CCn1cncc1C(CO)Nc1ccc(OC)cc1. The number of ether oxygens (including phenoxy) is 1. The largest absolute Gasteiger partial charge is 0.497 e. The number of aliphatic hydroxyl groups is 1. The number of nitrogens with one attached hydrogen (secondary N) is 1. The number of anilines is 1. The Morgan fingerprint density at radius 3 is 2.68 bits per heavy atom. The highest BCUT2D eigenvalue weighted by Gasteiger charge is 2.14. The van der Waals surface area contributed by atoms with Crippen LogP contribution in [0.2, 0.25) is 0 Å². The highest BCUT2D eigenvalue weighted by Crippen LogP contribution is 2.21. The van der Waals surface area contributed by atoms with Crippen molar-refractivity contribution in [2.75, 3.05) is 19.0 Å². The molecule has 1 atom stereocenters. The molecule has 0 aliphatic rings. The third-order valence-corrected chi connectivity index (χ3v) is 3.06. The zero-order valence-corrected chi connectivity index (χ0v) is 11.2. The molecule has 2 N–H and O–H groups in total. The number of rotatable bonds is 6. The first-order valence-electron chi connectivity index (χ1n) is 6.30. The van der Waals surface area contributed by atoms with Gasteiger partial charge in [0.1, 0.15) is 5.75 Å². The summed E-state index contributed by atoms with van der Waals surface area (Å²) in [7, 11) is 1.64. The molecule has 0 amide bonds. The van der Waals surface area contributed by atoms with Crippen LogP contribution in [-0.4, -0.2) is 28.4 Å². The second-order valence-corrected chi connectivity index (χ2v) is 4.21. The van der Waals surface area contributed by atoms with Crippen molar-refractivity contribution in [3.05, 3.63) is 42.5 Å². The van der Waals surface area contributed by atoms with E-state index < -0.39 is 0 Å². The fraction of sp³-hybridized carbons (Fsp3) is 0.357. The van der Waals surface area contributed by atoms with Crippen LogP contribution in [0.3, 0.4) is 0 Å². The number of hydrogen-bond donors (Lipinski definition) is 2. The molecule has 0 saturated heterocycles. The van der Waals surface area contributed by atoms with Crippen molar-refractivity contribution < 1.29 is 9.84 Å². The van der Waals surface area contributed by atoms with Crippen molar-refractivity contribution in [3.8, 4) is 5.75 Å². The standard InChI is InChI=1S/C14H19N3O2/c1-3-17-10-15-8-14(17)13(9-18)16-11-4-6-12(19-2)7-5-11/h4-8,10,13,16,18H,3,9H2,1-2H3. The van der Waals surface area contributed by atoms with Crippen molar-refractivity contribution in [3.63, 3.8) is 0 Å². The van der Waals surface area contributed by atoms with Crippen LogP contribution < -0.4 is 10.1 Å². The van der Waals surface area contributed by atoms with Gasteiger partial charge in [0, 0.05) is 12.2 Å². The first-order valence-corrected chi connectivity index (χ1v) is 6.30. The maximum atomic E-state index is 9.55. The minimum atomic E-state index is -0.171. The molecule has 0 aliphatic heterocycles. The molecule has 1 unspecified atom stereocenters. The lowest BCUT2D eigenvalue weighted by Crippen LogP contribution is -2.18. The molecule has 5 heteroatoms. The summed E-state index contributed by atoms with van der Waals surface area (Å²) < 4.78 is 7.13. The Bertz CT molecular complexity index is 508. The molecule has 0 bridgehead atoms. The average molecular weight is 261 g/mol.